The largest absolute Gasteiger partial charge is 0.488 e. The van der Waals surface area contributed by atoms with E-state index in [9.17, 15) is 13.2 Å². The molecule has 0 spiro atoms. The van der Waals surface area contributed by atoms with E-state index in [4.69, 9.17) is 4.74 Å². The lowest BCUT2D eigenvalue weighted by Crippen LogP contribution is -2.33. The lowest BCUT2D eigenvalue weighted by Gasteiger charge is -2.13. The number of hydrogen-bond acceptors (Lipinski definition) is 4. The summed E-state index contributed by atoms with van der Waals surface area (Å²) in [4.78, 5) is 12.3. The molecule has 2 aromatic carbocycles. The third-order valence-electron chi connectivity index (χ3n) is 4.41. The van der Waals surface area contributed by atoms with Crippen LogP contribution in [0.15, 0.2) is 40.9 Å². The molecule has 5 nitrogen and oxygen atoms in total. The number of amides is 1. The molecule has 3 rings (SSSR count). The van der Waals surface area contributed by atoms with Crippen LogP contribution in [0.3, 0.4) is 0 Å². The van der Waals surface area contributed by atoms with Gasteiger partial charge in [0, 0.05) is 5.56 Å². The highest BCUT2D eigenvalue weighted by Gasteiger charge is 2.37. The van der Waals surface area contributed by atoms with Crippen molar-refractivity contribution in [2.45, 2.75) is 38.5 Å². The fourth-order valence-corrected chi connectivity index (χ4v) is 4.29. The van der Waals surface area contributed by atoms with Crippen LogP contribution in [0.2, 0.25) is 0 Å². The van der Waals surface area contributed by atoms with Crippen molar-refractivity contribution in [2.24, 2.45) is 0 Å². The van der Waals surface area contributed by atoms with Crippen LogP contribution in [0, 0.1) is 13.8 Å². The number of benzene rings is 2. The normalized spacial score (nSPS) is 14.1. The minimum absolute atomic E-state index is 0.244. The Morgan fingerprint density at radius 1 is 1.19 bits per heavy atom. The van der Waals surface area contributed by atoms with E-state index in [1.807, 2.05) is 32.0 Å². The molecule has 0 aliphatic heterocycles. The van der Waals surface area contributed by atoms with Crippen molar-refractivity contribution in [3.63, 3.8) is 0 Å². The summed E-state index contributed by atoms with van der Waals surface area (Å²) in [5.41, 5.74) is 3.59. The second-order valence-corrected chi connectivity index (χ2v) is 9.29. The summed E-state index contributed by atoms with van der Waals surface area (Å²) in [6, 6.07) is 10.8. The zero-order chi connectivity index (χ0) is 18.9. The number of aryl methyl sites for hydroxylation is 2. The highest BCUT2D eigenvalue weighted by Crippen LogP contribution is 2.29. The Morgan fingerprint density at radius 3 is 2.46 bits per heavy atom. The van der Waals surface area contributed by atoms with E-state index >= 15 is 0 Å². The van der Waals surface area contributed by atoms with Crippen molar-refractivity contribution in [1.29, 1.82) is 0 Å². The van der Waals surface area contributed by atoms with Gasteiger partial charge in [-0.25, -0.2) is 13.1 Å². The highest BCUT2D eigenvalue weighted by atomic mass is 79.9. The Labute approximate surface area is 161 Å². The predicted molar refractivity (Wildman–Crippen MR) is 104 cm³/mol. The summed E-state index contributed by atoms with van der Waals surface area (Å²) in [7, 11) is -3.58. The molecule has 1 aliphatic carbocycles. The minimum atomic E-state index is -3.58. The van der Waals surface area contributed by atoms with E-state index in [1.165, 1.54) is 0 Å². The zero-order valence-electron chi connectivity index (χ0n) is 14.6. The summed E-state index contributed by atoms with van der Waals surface area (Å²) in [5, 5.41) is -0.443. The van der Waals surface area contributed by atoms with Gasteiger partial charge in [0.1, 0.15) is 12.4 Å². The van der Waals surface area contributed by atoms with Crippen LogP contribution in [-0.2, 0) is 16.6 Å². The van der Waals surface area contributed by atoms with Gasteiger partial charge >= 0.3 is 0 Å². The molecule has 0 aromatic heterocycles. The van der Waals surface area contributed by atoms with Gasteiger partial charge in [-0.1, -0.05) is 18.2 Å². The van der Waals surface area contributed by atoms with E-state index in [0.29, 0.717) is 29.7 Å². The predicted octanol–water partition coefficient (Wildman–Crippen LogP) is 3.87. The fraction of sp³-hybridized carbons (Fsp3) is 0.316. The Bertz CT molecular complexity index is 932. The molecule has 0 saturated heterocycles. The maximum atomic E-state index is 12.3. The standard InChI is InChI=1S/C19H20BrNO4S/c1-12-4-3-5-13(2)16(12)11-25-18-10-14(6-9-17(18)20)19(22)21-26(23,24)15-7-8-15/h3-6,9-10,15H,7-8,11H2,1-2H3,(H,21,22). The van der Waals surface area contributed by atoms with Crippen LogP contribution >= 0.6 is 15.9 Å². The maximum Gasteiger partial charge on any atom is 0.264 e. The third-order valence-corrected chi connectivity index (χ3v) is 6.88. The minimum Gasteiger partial charge on any atom is -0.488 e. The molecular formula is C19H20BrNO4S. The first kappa shape index (κ1) is 18.9. The van der Waals surface area contributed by atoms with Crippen LogP contribution in [0.1, 0.15) is 39.9 Å². The highest BCUT2D eigenvalue weighted by molar-refractivity contribution is 9.10. The molecule has 0 bridgehead atoms. The summed E-state index contributed by atoms with van der Waals surface area (Å²) in [6.45, 7) is 4.41. The average molecular weight is 438 g/mol. The lowest BCUT2D eigenvalue weighted by atomic mass is 10.0. The Hall–Kier alpha value is -1.86. The SMILES string of the molecule is Cc1cccc(C)c1COc1cc(C(=O)NS(=O)(=O)C2CC2)ccc1Br. The first-order valence-electron chi connectivity index (χ1n) is 8.31. The number of carbonyl (C=O) groups excluding carboxylic acids is 1. The molecule has 0 unspecified atom stereocenters. The maximum absolute atomic E-state index is 12.3. The summed E-state index contributed by atoms with van der Waals surface area (Å²) >= 11 is 3.41. The van der Waals surface area contributed by atoms with Gasteiger partial charge in [0.15, 0.2) is 0 Å². The molecule has 26 heavy (non-hydrogen) atoms. The van der Waals surface area contributed by atoms with E-state index in [2.05, 4.69) is 20.7 Å². The molecule has 0 heterocycles. The summed E-state index contributed by atoms with van der Waals surface area (Å²) in [6.07, 6.45) is 1.21. The van der Waals surface area contributed by atoms with Gasteiger partial charge in [-0.15, -0.1) is 0 Å². The molecule has 7 heteroatoms. The number of sulfonamides is 1. The van der Waals surface area contributed by atoms with Crippen LogP contribution in [0.25, 0.3) is 0 Å². The van der Waals surface area contributed by atoms with E-state index in [1.54, 1.807) is 18.2 Å². The third kappa shape index (κ3) is 4.27. The average Bonchev–Trinajstić information content (AvgIpc) is 3.41. The first-order chi connectivity index (χ1) is 12.3. The van der Waals surface area contributed by atoms with Gasteiger partial charge in [0.2, 0.25) is 10.0 Å². The Morgan fingerprint density at radius 2 is 1.85 bits per heavy atom. The zero-order valence-corrected chi connectivity index (χ0v) is 17.0. The van der Waals surface area contributed by atoms with Gasteiger partial charge in [-0.05, 0) is 77.5 Å². The molecule has 0 radical (unpaired) electrons. The molecule has 0 atom stereocenters. The second-order valence-electron chi connectivity index (χ2n) is 6.48. The molecule has 1 amide bonds. The van der Waals surface area contributed by atoms with Crippen molar-refractivity contribution < 1.29 is 17.9 Å². The quantitative estimate of drug-likeness (QED) is 0.744. The molecule has 1 N–H and O–H groups in total. The molecule has 138 valence electrons. The lowest BCUT2D eigenvalue weighted by molar-refractivity contribution is 0.0981. The Balaban J connectivity index is 1.76. The second kappa shape index (κ2) is 7.40. The van der Waals surface area contributed by atoms with Crippen molar-refractivity contribution in [3.05, 3.63) is 63.1 Å². The number of carbonyl (C=O) groups is 1. The van der Waals surface area contributed by atoms with Gasteiger partial charge in [0.05, 0.1) is 9.72 Å². The molecule has 1 fully saturated rings. The van der Waals surface area contributed by atoms with Gasteiger partial charge in [-0.2, -0.15) is 0 Å². The van der Waals surface area contributed by atoms with E-state index in [-0.39, 0.29) is 5.56 Å². The van der Waals surface area contributed by atoms with Crippen molar-refractivity contribution >= 4 is 31.9 Å². The van der Waals surface area contributed by atoms with E-state index < -0.39 is 21.2 Å². The number of nitrogens with one attached hydrogen (secondary N) is 1. The smallest absolute Gasteiger partial charge is 0.264 e. The molecule has 2 aromatic rings. The topological polar surface area (TPSA) is 72.5 Å². The van der Waals surface area contributed by atoms with Crippen LogP contribution in [0.4, 0.5) is 0 Å². The molecular weight excluding hydrogens is 418 g/mol. The Kier molecular flexibility index (Phi) is 5.39. The van der Waals surface area contributed by atoms with Crippen molar-refractivity contribution in [3.8, 4) is 5.75 Å². The summed E-state index contributed by atoms with van der Waals surface area (Å²) < 4.78 is 32.6. The number of hydrogen-bond donors (Lipinski definition) is 1. The van der Waals surface area contributed by atoms with Gasteiger partial charge in [-0.3, -0.25) is 4.79 Å². The molecule has 1 aliphatic rings. The van der Waals surface area contributed by atoms with Crippen LogP contribution < -0.4 is 9.46 Å². The van der Waals surface area contributed by atoms with E-state index in [0.717, 1.165) is 16.7 Å². The number of rotatable bonds is 6. The van der Waals surface area contributed by atoms with Crippen LogP contribution in [0.5, 0.6) is 5.75 Å². The first-order valence-corrected chi connectivity index (χ1v) is 10.7. The van der Waals surface area contributed by atoms with Gasteiger partial charge in [0.25, 0.3) is 5.91 Å². The number of ether oxygens (including phenoxy) is 1. The fourth-order valence-electron chi connectivity index (χ4n) is 2.63. The van der Waals surface area contributed by atoms with Gasteiger partial charge < -0.3 is 4.74 Å². The van der Waals surface area contributed by atoms with Crippen LogP contribution in [-0.4, -0.2) is 19.6 Å². The molecule has 1 saturated carbocycles. The summed E-state index contributed by atoms with van der Waals surface area (Å²) in [5.74, 6) is -0.148. The van der Waals surface area contributed by atoms with Crippen molar-refractivity contribution in [2.75, 3.05) is 0 Å². The van der Waals surface area contributed by atoms with Crippen molar-refractivity contribution in [1.82, 2.24) is 4.72 Å². The monoisotopic (exact) mass is 437 g/mol. The number of halogens is 1.